The van der Waals surface area contributed by atoms with E-state index in [-0.39, 0.29) is 18.3 Å². The van der Waals surface area contributed by atoms with Crippen molar-refractivity contribution in [2.24, 2.45) is 0 Å². The van der Waals surface area contributed by atoms with E-state index in [1.165, 1.54) is 6.07 Å². The fourth-order valence-corrected chi connectivity index (χ4v) is 1.72. The van der Waals surface area contributed by atoms with Crippen LogP contribution in [0.5, 0.6) is 0 Å². The molecule has 1 aromatic carbocycles. The van der Waals surface area contributed by atoms with Crippen molar-refractivity contribution in [1.82, 2.24) is 10.2 Å². The van der Waals surface area contributed by atoms with Crippen LogP contribution >= 0.6 is 0 Å². The highest BCUT2D eigenvalue weighted by Gasteiger charge is 2.06. The van der Waals surface area contributed by atoms with Gasteiger partial charge in [0.1, 0.15) is 5.82 Å². The predicted molar refractivity (Wildman–Crippen MR) is 70.7 cm³/mol. The Labute approximate surface area is 108 Å². The third kappa shape index (κ3) is 4.84. The second-order valence-corrected chi connectivity index (χ2v) is 4.15. The number of nitrogens with zero attached hydrogens (tertiary/aromatic N) is 1. The van der Waals surface area contributed by atoms with E-state index in [9.17, 15) is 9.18 Å². The molecule has 18 heavy (non-hydrogen) atoms. The minimum Gasteiger partial charge on any atom is -0.352 e. The molecule has 0 aliphatic heterocycles. The highest BCUT2D eigenvalue weighted by molar-refractivity contribution is 5.76. The molecular formula is C14H21FN2O. The van der Waals surface area contributed by atoms with Crippen LogP contribution in [0.15, 0.2) is 24.3 Å². The van der Waals surface area contributed by atoms with E-state index < -0.39 is 0 Å². The Morgan fingerprint density at radius 1 is 1.28 bits per heavy atom. The van der Waals surface area contributed by atoms with E-state index in [0.29, 0.717) is 12.0 Å². The first-order valence-corrected chi connectivity index (χ1v) is 6.39. The minimum absolute atomic E-state index is 0.0369. The number of hydrogen-bond acceptors (Lipinski definition) is 2. The maximum absolute atomic E-state index is 13.3. The number of nitrogens with one attached hydrogen (secondary N) is 1. The van der Waals surface area contributed by atoms with Gasteiger partial charge in [0.2, 0.25) is 5.91 Å². The van der Waals surface area contributed by atoms with Crippen LogP contribution in [0.3, 0.4) is 0 Å². The summed E-state index contributed by atoms with van der Waals surface area (Å²) in [6, 6.07) is 6.49. The quantitative estimate of drug-likeness (QED) is 0.806. The summed E-state index contributed by atoms with van der Waals surface area (Å²) >= 11 is 0. The van der Waals surface area contributed by atoms with E-state index in [4.69, 9.17) is 0 Å². The van der Waals surface area contributed by atoms with Crippen molar-refractivity contribution in [2.75, 3.05) is 19.6 Å². The molecule has 0 saturated carbocycles. The Bertz CT molecular complexity index is 378. The van der Waals surface area contributed by atoms with Crippen LogP contribution in [0.25, 0.3) is 0 Å². The van der Waals surface area contributed by atoms with Crippen LogP contribution in [0, 0.1) is 5.82 Å². The van der Waals surface area contributed by atoms with Gasteiger partial charge in [0.05, 0.1) is 0 Å². The molecular weight excluding hydrogens is 231 g/mol. The van der Waals surface area contributed by atoms with Crippen molar-refractivity contribution in [2.45, 2.75) is 26.8 Å². The SMILES string of the molecule is CCN(CC)CCC(=O)NCc1ccccc1F. The molecule has 1 amide bonds. The summed E-state index contributed by atoms with van der Waals surface area (Å²) in [6.45, 7) is 7.02. The third-order valence-electron chi connectivity index (χ3n) is 2.98. The van der Waals surface area contributed by atoms with E-state index in [1.807, 2.05) is 0 Å². The zero-order valence-corrected chi connectivity index (χ0v) is 11.1. The van der Waals surface area contributed by atoms with Gasteiger partial charge in [0, 0.05) is 25.1 Å². The van der Waals surface area contributed by atoms with Gasteiger partial charge >= 0.3 is 0 Å². The standard InChI is InChI=1S/C14H21FN2O/c1-3-17(4-2)10-9-14(18)16-11-12-7-5-6-8-13(12)15/h5-8H,3-4,9-11H2,1-2H3,(H,16,18). The van der Waals surface area contributed by atoms with Crippen LogP contribution in [0.1, 0.15) is 25.8 Å². The first-order chi connectivity index (χ1) is 8.67. The summed E-state index contributed by atoms with van der Waals surface area (Å²) in [5.74, 6) is -0.313. The van der Waals surface area contributed by atoms with Crippen molar-refractivity contribution in [3.8, 4) is 0 Å². The molecule has 0 heterocycles. The summed E-state index contributed by atoms with van der Waals surface area (Å²) in [7, 11) is 0. The Kier molecular flexibility index (Phi) is 6.36. The highest BCUT2D eigenvalue weighted by atomic mass is 19.1. The first kappa shape index (κ1) is 14.6. The van der Waals surface area contributed by atoms with Crippen LogP contribution in [-0.2, 0) is 11.3 Å². The van der Waals surface area contributed by atoms with Gasteiger partial charge in [-0.15, -0.1) is 0 Å². The molecule has 0 spiro atoms. The first-order valence-electron chi connectivity index (χ1n) is 6.39. The number of halogens is 1. The molecule has 0 fully saturated rings. The van der Waals surface area contributed by atoms with Crippen molar-refractivity contribution in [3.63, 3.8) is 0 Å². The van der Waals surface area contributed by atoms with Crippen LogP contribution in [0.4, 0.5) is 4.39 Å². The molecule has 3 nitrogen and oxygen atoms in total. The summed E-state index contributed by atoms with van der Waals surface area (Å²) in [4.78, 5) is 13.8. The van der Waals surface area contributed by atoms with Gasteiger partial charge in [-0.05, 0) is 19.2 Å². The van der Waals surface area contributed by atoms with Crippen molar-refractivity contribution < 1.29 is 9.18 Å². The topological polar surface area (TPSA) is 32.3 Å². The zero-order valence-electron chi connectivity index (χ0n) is 11.1. The van der Waals surface area contributed by atoms with Gasteiger partial charge < -0.3 is 10.2 Å². The number of benzene rings is 1. The Balaban J connectivity index is 2.31. The molecule has 0 radical (unpaired) electrons. The summed E-state index contributed by atoms with van der Waals surface area (Å²) < 4.78 is 13.3. The Morgan fingerprint density at radius 3 is 2.56 bits per heavy atom. The lowest BCUT2D eigenvalue weighted by molar-refractivity contribution is -0.121. The highest BCUT2D eigenvalue weighted by Crippen LogP contribution is 2.05. The third-order valence-corrected chi connectivity index (χ3v) is 2.98. The van der Waals surface area contributed by atoms with E-state index in [0.717, 1.165) is 19.6 Å². The van der Waals surface area contributed by atoms with Gasteiger partial charge in [-0.25, -0.2) is 4.39 Å². The van der Waals surface area contributed by atoms with E-state index >= 15 is 0 Å². The molecule has 0 aromatic heterocycles. The Morgan fingerprint density at radius 2 is 1.94 bits per heavy atom. The lowest BCUT2D eigenvalue weighted by Crippen LogP contribution is -2.30. The van der Waals surface area contributed by atoms with Crippen molar-refractivity contribution >= 4 is 5.91 Å². The lowest BCUT2D eigenvalue weighted by Gasteiger charge is -2.17. The van der Waals surface area contributed by atoms with Gasteiger partial charge in [-0.1, -0.05) is 32.0 Å². The fourth-order valence-electron chi connectivity index (χ4n) is 1.72. The molecule has 0 aliphatic carbocycles. The van der Waals surface area contributed by atoms with Gasteiger partial charge in [-0.3, -0.25) is 4.79 Å². The van der Waals surface area contributed by atoms with Gasteiger partial charge in [0.15, 0.2) is 0 Å². The van der Waals surface area contributed by atoms with Gasteiger partial charge in [0.25, 0.3) is 0 Å². The molecule has 1 rings (SSSR count). The molecule has 0 aliphatic rings. The molecule has 1 aromatic rings. The number of rotatable bonds is 7. The van der Waals surface area contributed by atoms with Crippen molar-refractivity contribution in [3.05, 3.63) is 35.6 Å². The maximum Gasteiger partial charge on any atom is 0.221 e. The molecule has 4 heteroatoms. The second kappa shape index (κ2) is 7.82. The largest absolute Gasteiger partial charge is 0.352 e. The molecule has 1 N–H and O–H groups in total. The summed E-state index contributed by atoms with van der Waals surface area (Å²) in [6.07, 6.45) is 0.454. The minimum atomic E-state index is -0.276. The molecule has 0 unspecified atom stereocenters. The number of amides is 1. The fraction of sp³-hybridized carbons (Fsp3) is 0.500. The van der Waals surface area contributed by atoms with Crippen LogP contribution in [0.2, 0.25) is 0 Å². The molecule has 100 valence electrons. The van der Waals surface area contributed by atoms with E-state index in [1.54, 1.807) is 18.2 Å². The lowest BCUT2D eigenvalue weighted by atomic mass is 10.2. The second-order valence-electron chi connectivity index (χ2n) is 4.15. The monoisotopic (exact) mass is 252 g/mol. The average molecular weight is 252 g/mol. The molecule has 0 atom stereocenters. The molecule has 0 bridgehead atoms. The summed E-state index contributed by atoms with van der Waals surface area (Å²) in [5.41, 5.74) is 0.522. The van der Waals surface area contributed by atoms with E-state index in [2.05, 4.69) is 24.1 Å². The van der Waals surface area contributed by atoms with Crippen LogP contribution in [-0.4, -0.2) is 30.4 Å². The smallest absolute Gasteiger partial charge is 0.221 e. The molecule has 0 saturated heterocycles. The van der Waals surface area contributed by atoms with Crippen molar-refractivity contribution in [1.29, 1.82) is 0 Å². The van der Waals surface area contributed by atoms with Gasteiger partial charge in [-0.2, -0.15) is 0 Å². The average Bonchev–Trinajstić information content (AvgIpc) is 2.39. The number of carbonyl (C=O) groups excluding carboxylic acids is 1. The predicted octanol–water partition coefficient (Wildman–Crippen LogP) is 2.17. The van der Waals surface area contributed by atoms with Crippen LogP contribution < -0.4 is 5.32 Å². The summed E-state index contributed by atoms with van der Waals surface area (Å²) in [5, 5.41) is 2.74. The number of hydrogen-bond donors (Lipinski definition) is 1. The zero-order chi connectivity index (χ0) is 13.4. The normalized spacial score (nSPS) is 10.7. The number of carbonyl (C=O) groups is 1. The Hall–Kier alpha value is -1.42. The maximum atomic E-state index is 13.3.